The number of benzene rings is 1. The van der Waals surface area contributed by atoms with Crippen molar-refractivity contribution in [3.8, 4) is 0 Å². The molecule has 3 N–H and O–H groups in total. The van der Waals surface area contributed by atoms with Gasteiger partial charge in [-0.1, -0.05) is 26.0 Å². The molecular weight excluding hydrogens is 226 g/mol. The van der Waals surface area contributed by atoms with Gasteiger partial charge in [0.15, 0.2) is 0 Å². The molecule has 0 saturated carbocycles. The van der Waals surface area contributed by atoms with Gasteiger partial charge in [0, 0.05) is 18.5 Å². The molecule has 0 aliphatic rings. The summed E-state index contributed by atoms with van der Waals surface area (Å²) in [5.41, 5.74) is 1.56. The maximum Gasteiger partial charge on any atom is 0.0766 e. The molecule has 2 aromatic rings. The van der Waals surface area contributed by atoms with E-state index < -0.39 is 5.60 Å². The molecule has 0 aliphatic carbocycles. The van der Waals surface area contributed by atoms with E-state index in [-0.39, 0.29) is 5.92 Å². The van der Waals surface area contributed by atoms with Gasteiger partial charge in [0.2, 0.25) is 0 Å². The summed E-state index contributed by atoms with van der Waals surface area (Å²) in [6, 6.07) is 6.21. The average Bonchev–Trinajstić information content (AvgIpc) is 2.75. The first-order chi connectivity index (χ1) is 8.49. The van der Waals surface area contributed by atoms with Crippen LogP contribution in [0.3, 0.4) is 0 Å². The lowest BCUT2D eigenvalue weighted by atomic mass is 9.92. The molecule has 0 fully saturated rings. The standard InChI is InChI=1S/C14H21N3O/c1-10(2)14(3,18)9-15-7-11-4-5-12-8-16-17-13(12)6-11/h4-6,8,10,15,18H,7,9H2,1-3H3,(H,16,17). The van der Waals surface area contributed by atoms with Crippen molar-refractivity contribution in [1.29, 1.82) is 0 Å². The van der Waals surface area contributed by atoms with Gasteiger partial charge in [-0.2, -0.15) is 5.10 Å². The van der Waals surface area contributed by atoms with Crippen molar-refractivity contribution in [3.05, 3.63) is 30.0 Å². The Morgan fingerprint density at radius 2 is 2.22 bits per heavy atom. The monoisotopic (exact) mass is 247 g/mol. The molecule has 1 atom stereocenters. The van der Waals surface area contributed by atoms with Gasteiger partial charge in [0.25, 0.3) is 0 Å². The number of H-pyrrole nitrogens is 1. The lowest BCUT2D eigenvalue weighted by molar-refractivity contribution is 0.0140. The molecule has 0 amide bonds. The van der Waals surface area contributed by atoms with E-state index in [1.54, 1.807) is 0 Å². The first-order valence-electron chi connectivity index (χ1n) is 6.34. The number of aromatic amines is 1. The molecule has 1 aromatic carbocycles. The smallest absolute Gasteiger partial charge is 0.0766 e. The third-order valence-electron chi connectivity index (χ3n) is 3.56. The summed E-state index contributed by atoms with van der Waals surface area (Å²) in [4.78, 5) is 0. The van der Waals surface area contributed by atoms with Crippen LogP contribution >= 0.6 is 0 Å². The summed E-state index contributed by atoms with van der Waals surface area (Å²) < 4.78 is 0. The van der Waals surface area contributed by atoms with E-state index in [0.29, 0.717) is 6.54 Å². The van der Waals surface area contributed by atoms with E-state index in [2.05, 4.69) is 33.7 Å². The first-order valence-corrected chi connectivity index (χ1v) is 6.34. The maximum atomic E-state index is 10.1. The predicted molar refractivity (Wildman–Crippen MR) is 73.3 cm³/mol. The minimum absolute atomic E-state index is 0.236. The van der Waals surface area contributed by atoms with Crippen LogP contribution in [-0.4, -0.2) is 27.4 Å². The molecule has 0 aliphatic heterocycles. The minimum atomic E-state index is -0.669. The number of hydrogen-bond donors (Lipinski definition) is 3. The zero-order valence-corrected chi connectivity index (χ0v) is 11.2. The Morgan fingerprint density at radius 3 is 2.94 bits per heavy atom. The lowest BCUT2D eigenvalue weighted by Crippen LogP contribution is -2.41. The number of nitrogens with zero attached hydrogens (tertiary/aromatic N) is 1. The largest absolute Gasteiger partial charge is 0.389 e. The topological polar surface area (TPSA) is 60.9 Å². The van der Waals surface area contributed by atoms with Gasteiger partial charge in [-0.25, -0.2) is 0 Å². The lowest BCUT2D eigenvalue weighted by Gasteiger charge is -2.28. The summed E-state index contributed by atoms with van der Waals surface area (Å²) in [5.74, 6) is 0.236. The van der Waals surface area contributed by atoms with Crippen LogP contribution in [0, 0.1) is 5.92 Å². The number of hydrogen-bond acceptors (Lipinski definition) is 3. The number of aromatic nitrogens is 2. The molecule has 98 valence electrons. The SMILES string of the molecule is CC(C)C(C)(O)CNCc1ccc2cn[nH]c2c1. The highest BCUT2D eigenvalue weighted by Gasteiger charge is 2.23. The van der Waals surface area contributed by atoms with E-state index in [4.69, 9.17) is 0 Å². The molecule has 1 aromatic heterocycles. The third kappa shape index (κ3) is 2.89. The van der Waals surface area contributed by atoms with E-state index >= 15 is 0 Å². The quantitative estimate of drug-likeness (QED) is 0.758. The predicted octanol–water partition coefficient (Wildman–Crippen LogP) is 2.06. The van der Waals surface area contributed by atoms with E-state index in [9.17, 15) is 5.11 Å². The summed E-state index contributed by atoms with van der Waals surface area (Å²) in [7, 11) is 0. The molecule has 0 radical (unpaired) electrons. The zero-order valence-electron chi connectivity index (χ0n) is 11.2. The van der Waals surface area contributed by atoms with Gasteiger partial charge >= 0.3 is 0 Å². The average molecular weight is 247 g/mol. The second kappa shape index (κ2) is 5.08. The van der Waals surface area contributed by atoms with Crippen molar-refractivity contribution in [2.45, 2.75) is 32.9 Å². The molecule has 2 rings (SSSR count). The number of fused-ring (bicyclic) bond motifs is 1. The summed E-state index contributed by atoms with van der Waals surface area (Å²) in [6.45, 7) is 7.25. The van der Waals surface area contributed by atoms with Crippen LogP contribution in [-0.2, 0) is 6.54 Å². The fourth-order valence-electron chi connectivity index (χ4n) is 1.76. The van der Waals surface area contributed by atoms with Crippen LogP contribution in [0.5, 0.6) is 0 Å². The summed E-state index contributed by atoms with van der Waals surface area (Å²) in [5, 5.41) is 21.5. The molecule has 0 spiro atoms. The van der Waals surface area contributed by atoms with Crippen LogP contribution in [0.2, 0.25) is 0 Å². The zero-order chi connectivity index (χ0) is 13.2. The van der Waals surface area contributed by atoms with Crippen molar-refractivity contribution < 1.29 is 5.11 Å². The van der Waals surface area contributed by atoms with E-state index in [0.717, 1.165) is 17.4 Å². The molecule has 0 bridgehead atoms. The van der Waals surface area contributed by atoms with Gasteiger partial charge in [0.1, 0.15) is 0 Å². The van der Waals surface area contributed by atoms with Crippen molar-refractivity contribution in [3.63, 3.8) is 0 Å². The van der Waals surface area contributed by atoms with Crippen LogP contribution in [0.1, 0.15) is 26.3 Å². The van der Waals surface area contributed by atoms with Crippen molar-refractivity contribution >= 4 is 10.9 Å². The summed E-state index contributed by atoms with van der Waals surface area (Å²) >= 11 is 0. The molecular formula is C14H21N3O. The number of nitrogens with one attached hydrogen (secondary N) is 2. The Balaban J connectivity index is 1.94. The molecule has 1 heterocycles. The number of aliphatic hydroxyl groups is 1. The van der Waals surface area contributed by atoms with Gasteiger partial charge in [0.05, 0.1) is 17.3 Å². The van der Waals surface area contributed by atoms with Crippen LogP contribution in [0.25, 0.3) is 10.9 Å². The molecule has 4 nitrogen and oxygen atoms in total. The van der Waals surface area contributed by atoms with Crippen LogP contribution < -0.4 is 5.32 Å². The van der Waals surface area contributed by atoms with Crippen molar-refractivity contribution in [2.24, 2.45) is 5.92 Å². The highest BCUT2D eigenvalue weighted by molar-refractivity contribution is 5.78. The van der Waals surface area contributed by atoms with Gasteiger partial charge in [-0.3, -0.25) is 5.10 Å². The fraction of sp³-hybridized carbons (Fsp3) is 0.500. The third-order valence-corrected chi connectivity index (χ3v) is 3.56. The van der Waals surface area contributed by atoms with Crippen LogP contribution in [0.15, 0.2) is 24.4 Å². The highest BCUT2D eigenvalue weighted by Crippen LogP contribution is 2.15. The van der Waals surface area contributed by atoms with Gasteiger partial charge in [-0.15, -0.1) is 0 Å². The fourth-order valence-corrected chi connectivity index (χ4v) is 1.76. The van der Waals surface area contributed by atoms with Crippen molar-refractivity contribution in [1.82, 2.24) is 15.5 Å². The van der Waals surface area contributed by atoms with Crippen molar-refractivity contribution in [2.75, 3.05) is 6.54 Å². The molecule has 1 unspecified atom stereocenters. The normalized spacial score (nSPS) is 15.2. The molecule has 0 saturated heterocycles. The minimum Gasteiger partial charge on any atom is -0.389 e. The first kappa shape index (κ1) is 13.1. The maximum absolute atomic E-state index is 10.1. The summed E-state index contributed by atoms with van der Waals surface area (Å²) in [6.07, 6.45) is 1.82. The van der Waals surface area contributed by atoms with Crippen LogP contribution in [0.4, 0.5) is 0 Å². The van der Waals surface area contributed by atoms with E-state index in [1.807, 2.05) is 27.0 Å². The Bertz CT molecular complexity index is 516. The molecule has 4 heteroatoms. The molecule has 18 heavy (non-hydrogen) atoms. The second-order valence-electron chi connectivity index (χ2n) is 5.41. The second-order valence-corrected chi connectivity index (χ2v) is 5.41. The highest BCUT2D eigenvalue weighted by atomic mass is 16.3. The Labute approximate surface area is 107 Å². The Kier molecular flexibility index (Phi) is 3.68. The van der Waals surface area contributed by atoms with E-state index in [1.165, 1.54) is 5.56 Å². The Morgan fingerprint density at radius 1 is 1.44 bits per heavy atom. The van der Waals surface area contributed by atoms with Gasteiger partial charge < -0.3 is 10.4 Å². The Hall–Kier alpha value is -1.39. The number of rotatable bonds is 5. The van der Waals surface area contributed by atoms with Gasteiger partial charge in [-0.05, 0) is 24.5 Å².